The second-order valence-corrected chi connectivity index (χ2v) is 9.10. The second-order valence-electron chi connectivity index (χ2n) is 9.10. The minimum atomic E-state index is -0.225. The first kappa shape index (κ1) is 21.1. The Balaban J connectivity index is 1.65. The number of benzene rings is 2. The largest absolute Gasteiger partial charge is 0.307 e. The molecule has 0 fully saturated rings. The predicted molar refractivity (Wildman–Crippen MR) is 134 cm³/mol. The smallest absolute Gasteiger partial charge is 0.197 e. The standard InChI is InChI=1S/C26H25BN4O2/c1-14(2)30-22(12-11-18-23(32)17-10-9-16(27)13-19(17)24(18)33)31(15(3)4)26-25(30)28-20-7-5-6-8-21(20)29-26/h5-15H,27H2,1-4H3/b18-11+. The molecule has 6 nitrogen and oxygen atoms in total. The van der Waals surface area contributed by atoms with E-state index in [9.17, 15) is 9.59 Å². The van der Waals surface area contributed by atoms with Crippen molar-refractivity contribution < 1.29 is 9.59 Å². The molecule has 164 valence electrons. The second kappa shape index (κ2) is 7.69. The summed E-state index contributed by atoms with van der Waals surface area (Å²) in [5.41, 5.74) is 3.77. The van der Waals surface area contributed by atoms with Gasteiger partial charge in [-0.15, -0.1) is 0 Å². The SMILES string of the molecule is Bc1ccc2c(c1)C(=O)/C(=C/C=C1N(C(C)C)c3nc4ccccc4nc3N1C(C)C)C2=O. The molecule has 0 saturated carbocycles. The Bertz CT molecular complexity index is 1330. The maximum absolute atomic E-state index is 13.0. The third-order valence-corrected chi connectivity index (χ3v) is 6.07. The van der Waals surface area contributed by atoms with E-state index in [0.717, 1.165) is 34.0 Å². The van der Waals surface area contributed by atoms with Crippen LogP contribution < -0.4 is 15.3 Å². The fourth-order valence-electron chi connectivity index (χ4n) is 4.56. The number of fused-ring (bicyclic) bond motifs is 3. The van der Waals surface area contributed by atoms with Gasteiger partial charge < -0.3 is 9.80 Å². The van der Waals surface area contributed by atoms with Gasteiger partial charge in [0.15, 0.2) is 23.2 Å². The lowest BCUT2D eigenvalue weighted by atomic mass is 9.93. The highest BCUT2D eigenvalue weighted by molar-refractivity contribution is 6.41. The summed E-state index contributed by atoms with van der Waals surface area (Å²) in [6.45, 7) is 8.37. The highest BCUT2D eigenvalue weighted by atomic mass is 16.2. The fraction of sp³-hybridized carbons (Fsp3) is 0.231. The van der Waals surface area contributed by atoms with Crippen LogP contribution in [0, 0.1) is 0 Å². The summed E-state index contributed by atoms with van der Waals surface area (Å²) in [6.07, 6.45) is 3.52. The van der Waals surface area contributed by atoms with Gasteiger partial charge >= 0.3 is 0 Å². The summed E-state index contributed by atoms with van der Waals surface area (Å²) in [5.74, 6) is 1.97. The van der Waals surface area contributed by atoms with Crippen LogP contribution in [0.2, 0.25) is 0 Å². The number of hydrogen-bond acceptors (Lipinski definition) is 6. The van der Waals surface area contributed by atoms with Crippen LogP contribution in [-0.2, 0) is 0 Å². The Morgan fingerprint density at radius 1 is 0.788 bits per heavy atom. The highest BCUT2D eigenvalue weighted by Gasteiger charge is 2.38. The van der Waals surface area contributed by atoms with Crippen LogP contribution in [0.1, 0.15) is 48.4 Å². The summed E-state index contributed by atoms with van der Waals surface area (Å²) in [5, 5.41) is 0. The van der Waals surface area contributed by atoms with E-state index >= 15 is 0 Å². The molecule has 5 rings (SSSR count). The van der Waals surface area contributed by atoms with Crippen molar-refractivity contribution in [3.8, 4) is 0 Å². The Labute approximate surface area is 194 Å². The van der Waals surface area contributed by atoms with E-state index in [2.05, 4.69) is 37.5 Å². The number of ketones is 2. The molecule has 0 atom stereocenters. The molecule has 0 saturated heterocycles. The summed E-state index contributed by atoms with van der Waals surface area (Å²) >= 11 is 0. The van der Waals surface area contributed by atoms with Gasteiger partial charge in [-0.25, -0.2) is 9.97 Å². The van der Waals surface area contributed by atoms with E-state index < -0.39 is 0 Å². The predicted octanol–water partition coefficient (Wildman–Crippen LogP) is 3.18. The Kier molecular flexibility index (Phi) is 4.92. The molecular weight excluding hydrogens is 411 g/mol. The van der Waals surface area contributed by atoms with Gasteiger partial charge in [0.25, 0.3) is 0 Å². The maximum Gasteiger partial charge on any atom is 0.197 e. The van der Waals surface area contributed by atoms with Gasteiger partial charge in [0.2, 0.25) is 0 Å². The molecular formula is C26H25BN4O2. The number of allylic oxidation sites excluding steroid dienone is 3. The molecule has 1 aromatic heterocycles. The fourth-order valence-corrected chi connectivity index (χ4v) is 4.56. The molecule has 33 heavy (non-hydrogen) atoms. The van der Waals surface area contributed by atoms with Crippen molar-refractivity contribution in [2.45, 2.75) is 39.8 Å². The van der Waals surface area contributed by atoms with E-state index in [4.69, 9.17) is 9.97 Å². The minimum absolute atomic E-state index is 0.0995. The normalized spacial score (nSPS) is 16.5. The number of carbonyl (C=O) groups is 2. The highest BCUT2D eigenvalue weighted by Crippen LogP contribution is 2.42. The van der Waals surface area contributed by atoms with Crippen LogP contribution in [0.25, 0.3) is 11.0 Å². The molecule has 1 aliphatic carbocycles. The number of para-hydroxylation sites is 2. The zero-order chi connectivity index (χ0) is 23.4. The van der Waals surface area contributed by atoms with Crippen molar-refractivity contribution in [3.05, 3.63) is 77.1 Å². The topological polar surface area (TPSA) is 66.4 Å². The van der Waals surface area contributed by atoms with E-state index in [1.165, 1.54) is 0 Å². The number of carbonyl (C=O) groups excluding carboxylic acids is 2. The molecule has 2 heterocycles. The molecule has 0 amide bonds. The average molecular weight is 436 g/mol. The van der Waals surface area contributed by atoms with Crippen LogP contribution in [0.4, 0.5) is 11.6 Å². The molecule has 0 unspecified atom stereocenters. The number of rotatable bonds is 3. The van der Waals surface area contributed by atoms with Gasteiger partial charge in [-0.2, -0.15) is 0 Å². The summed E-state index contributed by atoms with van der Waals surface area (Å²) in [7, 11) is 1.92. The average Bonchev–Trinajstić information content (AvgIpc) is 3.21. The van der Waals surface area contributed by atoms with Crippen molar-refractivity contribution >= 4 is 47.5 Å². The van der Waals surface area contributed by atoms with E-state index in [0.29, 0.717) is 11.1 Å². The third kappa shape index (κ3) is 3.27. The monoisotopic (exact) mass is 436 g/mol. The lowest BCUT2D eigenvalue weighted by Crippen LogP contribution is -2.36. The first-order chi connectivity index (χ1) is 15.8. The lowest BCUT2D eigenvalue weighted by molar-refractivity contribution is 0.0989. The van der Waals surface area contributed by atoms with Crippen molar-refractivity contribution in [1.29, 1.82) is 0 Å². The van der Waals surface area contributed by atoms with Crippen molar-refractivity contribution in [2.75, 3.05) is 9.80 Å². The van der Waals surface area contributed by atoms with Crippen LogP contribution in [0.5, 0.6) is 0 Å². The number of hydrogen-bond donors (Lipinski definition) is 0. The molecule has 1 aliphatic heterocycles. The number of nitrogens with zero attached hydrogens (tertiary/aromatic N) is 4. The number of anilines is 2. The quantitative estimate of drug-likeness (QED) is 0.357. The summed E-state index contributed by atoms with van der Waals surface area (Å²) in [6, 6.07) is 13.4. The summed E-state index contributed by atoms with van der Waals surface area (Å²) < 4.78 is 0. The van der Waals surface area contributed by atoms with Crippen LogP contribution in [0.15, 0.2) is 66.0 Å². The Hall–Kier alpha value is -3.74. The van der Waals surface area contributed by atoms with Gasteiger partial charge in [0, 0.05) is 23.2 Å². The molecule has 0 spiro atoms. The molecule has 7 heteroatoms. The maximum atomic E-state index is 13.0. The van der Waals surface area contributed by atoms with Gasteiger partial charge in [-0.1, -0.05) is 35.8 Å². The number of Topliss-reactive ketones (excluding diaryl/α,β-unsaturated/α-hetero) is 2. The van der Waals surface area contributed by atoms with Crippen LogP contribution >= 0.6 is 0 Å². The molecule has 3 aromatic rings. The first-order valence-corrected chi connectivity index (χ1v) is 11.2. The molecule has 2 aromatic carbocycles. The van der Waals surface area contributed by atoms with Crippen molar-refractivity contribution in [3.63, 3.8) is 0 Å². The van der Waals surface area contributed by atoms with Gasteiger partial charge in [-0.3, -0.25) is 9.59 Å². The van der Waals surface area contributed by atoms with Crippen LogP contribution in [-0.4, -0.2) is 41.5 Å². The Morgan fingerprint density at radius 2 is 1.33 bits per heavy atom. The van der Waals surface area contributed by atoms with E-state index in [1.54, 1.807) is 18.2 Å². The lowest BCUT2D eigenvalue weighted by Gasteiger charge is -2.29. The molecule has 0 N–H and O–H groups in total. The third-order valence-electron chi connectivity index (χ3n) is 6.07. The van der Waals surface area contributed by atoms with Gasteiger partial charge in [0.1, 0.15) is 13.7 Å². The first-order valence-electron chi connectivity index (χ1n) is 11.2. The van der Waals surface area contributed by atoms with Gasteiger partial charge in [0.05, 0.1) is 16.6 Å². The van der Waals surface area contributed by atoms with E-state index in [1.807, 2.05) is 44.3 Å². The van der Waals surface area contributed by atoms with Crippen molar-refractivity contribution in [2.24, 2.45) is 0 Å². The zero-order valence-electron chi connectivity index (χ0n) is 19.5. The molecule has 0 radical (unpaired) electrons. The van der Waals surface area contributed by atoms with Crippen LogP contribution in [0.3, 0.4) is 0 Å². The Morgan fingerprint density at radius 3 is 1.88 bits per heavy atom. The zero-order valence-corrected chi connectivity index (χ0v) is 19.5. The minimum Gasteiger partial charge on any atom is -0.307 e. The molecule has 0 bridgehead atoms. The summed E-state index contributed by atoms with van der Waals surface area (Å²) in [4.78, 5) is 40.0. The van der Waals surface area contributed by atoms with Gasteiger partial charge in [-0.05, 0) is 52.0 Å². The van der Waals surface area contributed by atoms with E-state index in [-0.39, 0.29) is 29.2 Å². The van der Waals surface area contributed by atoms with Crippen molar-refractivity contribution in [1.82, 2.24) is 9.97 Å². The molecule has 2 aliphatic rings. The number of aromatic nitrogens is 2.